The Labute approximate surface area is 122 Å². The molecule has 1 aliphatic heterocycles. The van der Waals surface area contributed by atoms with Gasteiger partial charge in [0.05, 0.1) is 0 Å². The zero-order valence-electron chi connectivity index (χ0n) is 12.8. The Morgan fingerprint density at radius 1 is 1.30 bits per heavy atom. The Kier molecular flexibility index (Phi) is 4.81. The van der Waals surface area contributed by atoms with Gasteiger partial charge in [-0.3, -0.25) is 4.79 Å². The lowest BCUT2D eigenvalue weighted by Crippen LogP contribution is -2.30. The molecule has 1 fully saturated rings. The van der Waals surface area contributed by atoms with Crippen molar-refractivity contribution in [2.75, 3.05) is 18.4 Å². The van der Waals surface area contributed by atoms with Crippen LogP contribution in [0, 0.1) is 11.3 Å². The molecule has 1 aromatic carbocycles. The van der Waals surface area contributed by atoms with Gasteiger partial charge in [-0.15, -0.1) is 0 Å². The van der Waals surface area contributed by atoms with Crippen LogP contribution in [-0.4, -0.2) is 19.0 Å². The molecule has 0 saturated carbocycles. The van der Waals surface area contributed by atoms with Crippen molar-refractivity contribution >= 4 is 11.6 Å². The van der Waals surface area contributed by atoms with Gasteiger partial charge in [-0.05, 0) is 56.0 Å². The summed E-state index contributed by atoms with van der Waals surface area (Å²) in [5, 5.41) is 6.41. The molecule has 3 nitrogen and oxygen atoms in total. The molecule has 110 valence electrons. The first-order valence-corrected chi connectivity index (χ1v) is 7.56. The number of rotatable bonds is 3. The first-order chi connectivity index (χ1) is 9.45. The fourth-order valence-electron chi connectivity index (χ4n) is 2.47. The molecular weight excluding hydrogens is 248 g/mol. The molecule has 2 rings (SSSR count). The summed E-state index contributed by atoms with van der Waals surface area (Å²) in [5.41, 5.74) is 1.88. The smallest absolute Gasteiger partial charge is 0.229 e. The first-order valence-electron chi connectivity index (χ1n) is 7.56. The fourth-order valence-corrected chi connectivity index (χ4v) is 2.47. The molecule has 3 heteroatoms. The second-order valence-corrected chi connectivity index (χ2v) is 6.82. The van der Waals surface area contributed by atoms with Crippen LogP contribution in [0.2, 0.25) is 0 Å². The van der Waals surface area contributed by atoms with Gasteiger partial charge < -0.3 is 10.6 Å². The summed E-state index contributed by atoms with van der Waals surface area (Å²) in [7, 11) is 0. The molecule has 0 aromatic heterocycles. The number of carbonyl (C=O) groups excluding carboxylic acids is 1. The van der Waals surface area contributed by atoms with E-state index < -0.39 is 0 Å². The number of carbonyl (C=O) groups is 1. The minimum atomic E-state index is -0.355. The molecule has 1 saturated heterocycles. The molecule has 1 aliphatic rings. The van der Waals surface area contributed by atoms with Gasteiger partial charge in [-0.25, -0.2) is 0 Å². The van der Waals surface area contributed by atoms with Gasteiger partial charge in [0.15, 0.2) is 0 Å². The van der Waals surface area contributed by atoms with Crippen LogP contribution < -0.4 is 10.6 Å². The monoisotopic (exact) mass is 274 g/mol. The summed E-state index contributed by atoms with van der Waals surface area (Å²) in [6, 6.07) is 8.28. The highest BCUT2D eigenvalue weighted by Gasteiger charge is 2.21. The van der Waals surface area contributed by atoms with Crippen molar-refractivity contribution in [1.82, 2.24) is 5.32 Å². The molecule has 0 aliphatic carbocycles. The Morgan fingerprint density at radius 3 is 2.55 bits per heavy atom. The largest absolute Gasteiger partial charge is 0.326 e. The fraction of sp³-hybridized carbons (Fsp3) is 0.588. The SMILES string of the molecule is CC(C)(C)C(=O)Nc1ccc(CC2CCCNC2)cc1. The predicted molar refractivity (Wildman–Crippen MR) is 83.8 cm³/mol. The molecule has 1 aromatic rings. The second kappa shape index (κ2) is 6.40. The van der Waals surface area contributed by atoms with Crippen LogP contribution in [0.4, 0.5) is 5.69 Å². The highest BCUT2D eigenvalue weighted by atomic mass is 16.2. The van der Waals surface area contributed by atoms with Crippen molar-refractivity contribution in [3.05, 3.63) is 29.8 Å². The van der Waals surface area contributed by atoms with E-state index in [1.54, 1.807) is 0 Å². The maximum absolute atomic E-state index is 11.9. The maximum atomic E-state index is 11.9. The lowest BCUT2D eigenvalue weighted by Gasteiger charge is -2.23. The minimum Gasteiger partial charge on any atom is -0.326 e. The van der Waals surface area contributed by atoms with E-state index in [2.05, 4.69) is 22.8 Å². The van der Waals surface area contributed by atoms with E-state index in [1.807, 2.05) is 32.9 Å². The quantitative estimate of drug-likeness (QED) is 0.888. The molecule has 0 bridgehead atoms. The molecule has 0 spiro atoms. The summed E-state index contributed by atoms with van der Waals surface area (Å²) in [4.78, 5) is 11.9. The number of piperidine rings is 1. The highest BCUT2D eigenvalue weighted by Crippen LogP contribution is 2.20. The number of hydrogen-bond donors (Lipinski definition) is 2. The molecule has 1 atom stereocenters. The summed E-state index contributed by atoms with van der Waals surface area (Å²) >= 11 is 0. The second-order valence-electron chi connectivity index (χ2n) is 6.82. The first kappa shape index (κ1) is 15.0. The number of nitrogens with one attached hydrogen (secondary N) is 2. The third kappa shape index (κ3) is 4.34. The number of amides is 1. The zero-order valence-corrected chi connectivity index (χ0v) is 12.8. The van der Waals surface area contributed by atoms with E-state index in [1.165, 1.54) is 18.4 Å². The Balaban J connectivity index is 1.91. The van der Waals surface area contributed by atoms with Crippen molar-refractivity contribution in [2.24, 2.45) is 11.3 Å². The third-order valence-electron chi connectivity index (χ3n) is 3.82. The van der Waals surface area contributed by atoms with Gasteiger partial charge in [0, 0.05) is 11.1 Å². The summed E-state index contributed by atoms with van der Waals surface area (Å²) in [5.74, 6) is 0.806. The van der Waals surface area contributed by atoms with Crippen molar-refractivity contribution in [2.45, 2.75) is 40.0 Å². The molecular formula is C17H26N2O. The highest BCUT2D eigenvalue weighted by molar-refractivity contribution is 5.94. The topological polar surface area (TPSA) is 41.1 Å². The summed E-state index contributed by atoms with van der Waals surface area (Å²) in [6.07, 6.45) is 3.72. The molecule has 1 unspecified atom stereocenters. The van der Waals surface area contributed by atoms with Crippen molar-refractivity contribution in [3.63, 3.8) is 0 Å². The number of benzene rings is 1. The van der Waals surface area contributed by atoms with Crippen LogP contribution >= 0.6 is 0 Å². The van der Waals surface area contributed by atoms with E-state index in [-0.39, 0.29) is 11.3 Å². The van der Waals surface area contributed by atoms with Crippen LogP contribution in [0.25, 0.3) is 0 Å². The van der Waals surface area contributed by atoms with Crippen molar-refractivity contribution in [1.29, 1.82) is 0 Å². The average molecular weight is 274 g/mol. The molecule has 1 heterocycles. The summed E-state index contributed by atoms with van der Waals surface area (Å²) < 4.78 is 0. The Bertz CT molecular complexity index is 439. The number of anilines is 1. The van der Waals surface area contributed by atoms with E-state index in [0.717, 1.165) is 31.1 Å². The van der Waals surface area contributed by atoms with Crippen LogP contribution in [0.3, 0.4) is 0 Å². The van der Waals surface area contributed by atoms with Crippen LogP contribution in [0.15, 0.2) is 24.3 Å². The van der Waals surface area contributed by atoms with Gasteiger partial charge in [-0.1, -0.05) is 32.9 Å². The van der Waals surface area contributed by atoms with Crippen LogP contribution in [0.1, 0.15) is 39.2 Å². The Hall–Kier alpha value is -1.35. The van der Waals surface area contributed by atoms with Gasteiger partial charge in [0.2, 0.25) is 5.91 Å². The third-order valence-corrected chi connectivity index (χ3v) is 3.82. The molecule has 0 radical (unpaired) electrons. The lowest BCUT2D eigenvalue weighted by molar-refractivity contribution is -0.123. The molecule has 2 N–H and O–H groups in total. The van der Waals surface area contributed by atoms with Crippen LogP contribution in [0.5, 0.6) is 0 Å². The van der Waals surface area contributed by atoms with E-state index in [9.17, 15) is 4.79 Å². The van der Waals surface area contributed by atoms with Crippen LogP contribution in [-0.2, 0) is 11.2 Å². The maximum Gasteiger partial charge on any atom is 0.229 e. The van der Waals surface area contributed by atoms with Crippen molar-refractivity contribution in [3.8, 4) is 0 Å². The van der Waals surface area contributed by atoms with Gasteiger partial charge in [-0.2, -0.15) is 0 Å². The standard InChI is InChI=1S/C17H26N2O/c1-17(2,3)16(20)19-15-8-6-13(7-9-15)11-14-5-4-10-18-12-14/h6-9,14,18H,4-5,10-12H2,1-3H3,(H,19,20). The molecule has 1 amide bonds. The van der Waals surface area contributed by atoms with Gasteiger partial charge >= 0.3 is 0 Å². The average Bonchev–Trinajstić information content (AvgIpc) is 2.41. The Morgan fingerprint density at radius 2 is 2.00 bits per heavy atom. The minimum absolute atomic E-state index is 0.0572. The zero-order chi connectivity index (χ0) is 14.6. The van der Waals surface area contributed by atoms with E-state index >= 15 is 0 Å². The van der Waals surface area contributed by atoms with E-state index in [0.29, 0.717) is 0 Å². The van der Waals surface area contributed by atoms with Crippen molar-refractivity contribution < 1.29 is 4.79 Å². The van der Waals surface area contributed by atoms with E-state index in [4.69, 9.17) is 0 Å². The summed E-state index contributed by atoms with van der Waals surface area (Å²) in [6.45, 7) is 8.06. The number of hydrogen-bond acceptors (Lipinski definition) is 2. The normalized spacial score (nSPS) is 19.6. The van der Waals surface area contributed by atoms with Gasteiger partial charge in [0.1, 0.15) is 0 Å². The lowest BCUT2D eigenvalue weighted by atomic mass is 9.92. The molecule has 20 heavy (non-hydrogen) atoms. The predicted octanol–water partition coefficient (Wildman–Crippen LogP) is 3.21. The van der Waals surface area contributed by atoms with Gasteiger partial charge in [0.25, 0.3) is 0 Å².